The van der Waals surface area contributed by atoms with Crippen molar-refractivity contribution >= 4 is 30.5 Å². The van der Waals surface area contributed by atoms with Crippen molar-refractivity contribution in [2.75, 3.05) is 25.4 Å². The van der Waals surface area contributed by atoms with Crippen molar-refractivity contribution in [2.24, 2.45) is 23.7 Å². The number of carbonyl (C=O) groups excluding carboxylic acids is 2. The monoisotopic (exact) mass is 426 g/mol. The second kappa shape index (κ2) is 9.25. The van der Waals surface area contributed by atoms with Crippen molar-refractivity contribution in [3.05, 3.63) is 0 Å². The van der Waals surface area contributed by atoms with Crippen LogP contribution in [-0.4, -0.2) is 64.9 Å². The highest BCUT2D eigenvalue weighted by Crippen LogP contribution is 2.55. The highest BCUT2D eigenvalue weighted by atomic mass is 32.1. The number of ether oxygens (including phenoxy) is 1. The minimum atomic E-state index is -1.14. The van der Waals surface area contributed by atoms with Gasteiger partial charge in [-0.15, -0.1) is 0 Å². The van der Waals surface area contributed by atoms with Crippen LogP contribution in [0.1, 0.15) is 52.4 Å². The lowest BCUT2D eigenvalue weighted by Gasteiger charge is -2.57. The molecule has 4 rings (SSSR count). The Morgan fingerprint density at radius 2 is 1.72 bits per heavy atom. The second-order valence-corrected chi connectivity index (χ2v) is 9.66. The fraction of sp³-hybridized carbons (Fsp3) is 0.857. The molecule has 0 heterocycles. The summed E-state index contributed by atoms with van der Waals surface area (Å²) in [7, 11) is 0. The Labute approximate surface area is 178 Å². The number of carbonyl (C=O) groups is 3. The molecule has 4 bridgehead atoms. The highest BCUT2D eigenvalue weighted by Gasteiger charge is 2.51. The maximum Gasteiger partial charge on any atom is 0.330 e. The van der Waals surface area contributed by atoms with E-state index in [1.807, 2.05) is 0 Å². The first kappa shape index (κ1) is 22.4. The molecule has 2 atom stereocenters. The topological polar surface area (TPSA) is 95.9 Å². The van der Waals surface area contributed by atoms with Gasteiger partial charge in [0.15, 0.2) is 0 Å². The molecule has 0 spiro atoms. The molecule has 0 radical (unpaired) electrons. The number of hydrogen-bond acceptors (Lipinski definition) is 6. The predicted molar refractivity (Wildman–Crippen MR) is 112 cm³/mol. The zero-order chi connectivity index (χ0) is 21.2. The van der Waals surface area contributed by atoms with Crippen LogP contribution in [0.5, 0.6) is 0 Å². The first-order valence-corrected chi connectivity index (χ1v) is 11.4. The van der Waals surface area contributed by atoms with Crippen molar-refractivity contribution in [3.63, 3.8) is 0 Å². The summed E-state index contributed by atoms with van der Waals surface area (Å²) in [6.07, 6.45) is 7.25. The van der Waals surface area contributed by atoms with Gasteiger partial charge in [0.1, 0.15) is 12.6 Å². The number of amides is 1. The van der Waals surface area contributed by atoms with Gasteiger partial charge in [0.25, 0.3) is 0 Å². The summed E-state index contributed by atoms with van der Waals surface area (Å²) in [5.74, 6) is -0.0314. The van der Waals surface area contributed by atoms with Gasteiger partial charge in [-0.1, -0.05) is 6.92 Å². The van der Waals surface area contributed by atoms with E-state index in [0.29, 0.717) is 0 Å². The first-order chi connectivity index (χ1) is 13.8. The molecule has 0 aromatic carbocycles. The first-order valence-electron chi connectivity index (χ1n) is 10.8. The number of esters is 1. The van der Waals surface area contributed by atoms with Crippen LogP contribution in [0, 0.1) is 23.7 Å². The third-order valence-corrected chi connectivity index (χ3v) is 7.48. The molecule has 4 saturated carbocycles. The Balaban J connectivity index is 1.77. The molecule has 1 amide bonds. The van der Waals surface area contributed by atoms with Crippen LogP contribution < -0.4 is 5.32 Å². The van der Waals surface area contributed by atoms with E-state index < -0.39 is 30.4 Å². The highest BCUT2D eigenvalue weighted by molar-refractivity contribution is 7.80. The van der Waals surface area contributed by atoms with Crippen LogP contribution in [0.3, 0.4) is 0 Å². The minimum absolute atomic E-state index is 0.00655. The van der Waals surface area contributed by atoms with Gasteiger partial charge in [-0.25, -0.2) is 4.79 Å². The van der Waals surface area contributed by atoms with E-state index in [0.717, 1.165) is 41.9 Å². The van der Waals surface area contributed by atoms with Gasteiger partial charge in [-0.2, -0.15) is 12.6 Å². The zero-order valence-electron chi connectivity index (χ0n) is 17.4. The molecular weight excluding hydrogens is 392 g/mol. The van der Waals surface area contributed by atoms with Gasteiger partial charge >= 0.3 is 11.9 Å². The second-order valence-electron chi connectivity index (χ2n) is 9.29. The molecule has 2 N–H and O–H groups in total. The number of nitrogens with zero attached hydrogens (tertiary/aromatic N) is 1. The molecule has 0 aromatic heterocycles. The molecule has 29 heavy (non-hydrogen) atoms. The summed E-state index contributed by atoms with van der Waals surface area (Å²) < 4.78 is 5.22. The molecule has 0 aromatic rings. The fourth-order valence-corrected chi connectivity index (χ4v) is 6.20. The number of carboxylic acids is 1. The van der Waals surface area contributed by atoms with Crippen LogP contribution >= 0.6 is 12.6 Å². The number of carboxylic acid groups (broad SMARTS) is 1. The van der Waals surface area contributed by atoms with Crippen molar-refractivity contribution in [1.82, 2.24) is 10.2 Å². The minimum Gasteiger partial charge on any atom is -0.480 e. The number of thiol groups is 1. The zero-order valence-corrected chi connectivity index (χ0v) is 18.3. The lowest BCUT2D eigenvalue weighted by Crippen LogP contribution is -2.62. The Hall–Kier alpha value is -1.28. The average Bonchev–Trinajstić information content (AvgIpc) is 2.64. The Morgan fingerprint density at radius 1 is 1.17 bits per heavy atom. The molecular formula is C21H34N2O5S. The molecule has 0 unspecified atom stereocenters. The van der Waals surface area contributed by atoms with E-state index in [9.17, 15) is 19.5 Å². The molecule has 0 saturated heterocycles. The van der Waals surface area contributed by atoms with Gasteiger partial charge in [-0.05, 0) is 63.2 Å². The third-order valence-electron chi connectivity index (χ3n) is 6.93. The lowest BCUT2D eigenvalue weighted by atomic mass is 9.53. The summed E-state index contributed by atoms with van der Waals surface area (Å²) >= 11 is 4.17. The normalized spacial score (nSPS) is 31.9. The van der Waals surface area contributed by atoms with Crippen LogP contribution in [0.25, 0.3) is 0 Å². The SMILES string of the molecule is CCOC(=O)[C@H](CNC12CC3CC(CC(C3)C1)C2)N(CC(=O)O)C(=O)[C@H](C)CS. The number of aliphatic carboxylic acids is 1. The fourth-order valence-electron chi connectivity index (χ4n) is 6.05. The smallest absolute Gasteiger partial charge is 0.330 e. The van der Waals surface area contributed by atoms with E-state index in [-0.39, 0.29) is 30.4 Å². The van der Waals surface area contributed by atoms with Gasteiger partial charge in [-0.3, -0.25) is 9.59 Å². The van der Waals surface area contributed by atoms with Crippen molar-refractivity contribution in [2.45, 2.75) is 64.0 Å². The van der Waals surface area contributed by atoms with Crippen LogP contribution in [0.15, 0.2) is 0 Å². The predicted octanol–water partition coefficient (Wildman–Crippen LogP) is 1.96. The molecule has 0 aliphatic heterocycles. The van der Waals surface area contributed by atoms with Crippen LogP contribution in [0.4, 0.5) is 0 Å². The van der Waals surface area contributed by atoms with Crippen LogP contribution in [-0.2, 0) is 19.1 Å². The van der Waals surface area contributed by atoms with Gasteiger partial charge < -0.3 is 20.1 Å². The van der Waals surface area contributed by atoms with Crippen molar-refractivity contribution < 1.29 is 24.2 Å². The van der Waals surface area contributed by atoms with E-state index in [1.54, 1.807) is 13.8 Å². The summed E-state index contributed by atoms with van der Waals surface area (Å²) in [6.45, 7) is 3.29. The number of rotatable bonds is 10. The summed E-state index contributed by atoms with van der Waals surface area (Å²) in [5, 5.41) is 13.0. The van der Waals surface area contributed by atoms with E-state index in [2.05, 4.69) is 17.9 Å². The van der Waals surface area contributed by atoms with E-state index in [4.69, 9.17) is 4.74 Å². The number of nitrogens with one attached hydrogen (secondary N) is 1. The Kier molecular flexibility index (Phi) is 7.14. The molecule has 4 fully saturated rings. The molecule has 4 aliphatic carbocycles. The average molecular weight is 427 g/mol. The van der Waals surface area contributed by atoms with Crippen molar-refractivity contribution in [1.29, 1.82) is 0 Å². The maximum absolute atomic E-state index is 12.9. The third kappa shape index (κ3) is 5.08. The molecule has 164 valence electrons. The van der Waals surface area contributed by atoms with Crippen LogP contribution in [0.2, 0.25) is 0 Å². The summed E-state index contributed by atoms with van der Waals surface area (Å²) in [6, 6.07) is -0.950. The van der Waals surface area contributed by atoms with Gasteiger partial charge in [0.2, 0.25) is 5.91 Å². The lowest BCUT2D eigenvalue weighted by molar-refractivity contribution is -0.159. The Morgan fingerprint density at radius 3 is 2.17 bits per heavy atom. The molecule has 7 nitrogen and oxygen atoms in total. The van der Waals surface area contributed by atoms with E-state index in [1.165, 1.54) is 19.3 Å². The van der Waals surface area contributed by atoms with Gasteiger partial charge in [0, 0.05) is 23.8 Å². The summed E-state index contributed by atoms with van der Waals surface area (Å²) in [5.41, 5.74) is 0.00655. The van der Waals surface area contributed by atoms with Gasteiger partial charge in [0.05, 0.1) is 6.61 Å². The molecule has 4 aliphatic rings. The largest absolute Gasteiger partial charge is 0.480 e. The summed E-state index contributed by atoms with van der Waals surface area (Å²) in [4.78, 5) is 38.2. The maximum atomic E-state index is 12.9. The van der Waals surface area contributed by atoms with Crippen molar-refractivity contribution in [3.8, 4) is 0 Å². The van der Waals surface area contributed by atoms with E-state index >= 15 is 0 Å². The quantitative estimate of drug-likeness (QED) is 0.365. The Bertz CT molecular complexity index is 605. The molecule has 8 heteroatoms. The number of hydrogen-bond donors (Lipinski definition) is 3. The standard InChI is InChI=1S/C21H34N2O5S/c1-3-28-20(27)17(23(11-18(24)25)19(26)13(2)12-29)10-22-21-7-14-4-15(8-21)6-16(5-14)9-21/h13-17,22,29H,3-12H2,1-2H3,(H,24,25)/t13-,14?,15?,16?,17+,21?/m1/s1.